The molecule has 0 aliphatic rings. The number of aryl methyl sites for hydroxylation is 3. The molecule has 0 saturated heterocycles. The van der Waals surface area contributed by atoms with Crippen LogP contribution in [0.25, 0.3) is 0 Å². The molecule has 1 aromatic heterocycles. The monoisotopic (exact) mass is 335 g/mol. The van der Waals surface area contributed by atoms with Gasteiger partial charge in [-0.1, -0.05) is 45.0 Å². The fraction of sp³-hybridized carbons (Fsp3) is 0.471. The normalized spacial score (nSPS) is 13.5. The number of rotatable bonds is 6. The van der Waals surface area contributed by atoms with E-state index in [-0.39, 0.29) is 17.0 Å². The van der Waals surface area contributed by atoms with Gasteiger partial charge in [-0.2, -0.15) is 0 Å². The molecule has 0 fully saturated rings. The third-order valence-electron chi connectivity index (χ3n) is 4.06. The molecule has 23 heavy (non-hydrogen) atoms. The average molecular weight is 335 g/mol. The largest absolute Gasteiger partial charge is 0.337 e. The molecule has 1 heterocycles. The van der Waals surface area contributed by atoms with Crippen LogP contribution in [-0.4, -0.2) is 18.0 Å². The second-order valence-electron chi connectivity index (χ2n) is 6.18. The Bertz CT molecular complexity index is 742. The second-order valence-corrected chi connectivity index (χ2v) is 7.84. The quantitative estimate of drug-likeness (QED) is 0.883. The summed E-state index contributed by atoms with van der Waals surface area (Å²) in [5, 5.41) is 0.0633. The van der Waals surface area contributed by atoms with Crippen molar-refractivity contribution in [3.8, 4) is 0 Å². The van der Waals surface area contributed by atoms with Crippen molar-refractivity contribution in [2.24, 2.45) is 13.0 Å². The number of hydrogen-bond donors (Lipinski definition) is 1. The van der Waals surface area contributed by atoms with Gasteiger partial charge in [0, 0.05) is 19.3 Å². The number of aromatic nitrogens is 2. The lowest BCUT2D eigenvalue weighted by molar-refractivity contribution is 0.462. The van der Waals surface area contributed by atoms with Gasteiger partial charge in [0.2, 0.25) is 0 Å². The Morgan fingerprint density at radius 2 is 1.83 bits per heavy atom. The SMILES string of the molecule is CCc1ccc(C(NS(=O)(=O)c2cn(C)c(C)n2)C(C)C)cc1. The Morgan fingerprint density at radius 1 is 1.22 bits per heavy atom. The van der Waals surface area contributed by atoms with Gasteiger partial charge >= 0.3 is 0 Å². The Labute approximate surface area is 138 Å². The minimum atomic E-state index is -3.65. The average Bonchev–Trinajstić information content (AvgIpc) is 2.85. The first-order valence-corrected chi connectivity index (χ1v) is 9.34. The van der Waals surface area contributed by atoms with Gasteiger partial charge in [-0.3, -0.25) is 0 Å². The van der Waals surface area contributed by atoms with E-state index < -0.39 is 10.0 Å². The summed E-state index contributed by atoms with van der Waals surface area (Å²) in [6.45, 7) is 7.89. The lowest BCUT2D eigenvalue weighted by atomic mass is 9.96. The lowest BCUT2D eigenvalue weighted by Gasteiger charge is -2.22. The molecular formula is C17H25N3O2S. The van der Waals surface area contributed by atoms with Gasteiger partial charge in [0.15, 0.2) is 5.03 Å². The molecular weight excluding hydrogens is 310 g/mol. The molecule has 1 atom stereocenters. The molecule has 1 N–H and O–H groups in total. The van der Waals surface area contributed by atoms with E-state index in [1.165, 1.54) is 11.8 Å². The maximum Gasteiger partial charge on any atom is 0.260 e. The zero-order valence-electron chi connectivity index (χ0n) is 14.4. The maximum absolute atomic E-state index is 12.6. The third-order valence-corrected chi connectivity index (χ3v) is 5.37. The summed E-state index contributed by atoms with van der Waals surface area (Å²) in [5.74, 6) is 0.792. The summed E-state index contributed by atoms with van der Waals surface area (Å²) in [5.41, 5.74) is 2.20. The van der Waals surface area contributed by atoms with E-state index in [0.29, 0.717) is 5.82 Å². The molecule has 0 spiro atoms. The van der Waals surface area contributed by atoms with E-state index in [9.17, 15) is 8.42 Å². The third kappa shape index (κ3) is 4.00. The molecule has 1 unspecified atom stereocenters. The van der Waals surface area contributed by atoms with E-state index in [0.717, 1.165) is 12.0 Å². The number of hydrogen-bond acceptors (Lipinski definition) is 3. The number of benzene rings is 1. The molecule has 2 rings (SSSR count). The molecule has 126 valence electrons. The molecule has 0 aliphatic carbocycles. The summed E-state index contributed by atoms with van der Waals surface area (Å²) >= 11 is 0. The number of sulfonamides is 1. The minimum absolute atomic E-state index is 0.0633. The molecule has 0 saturated carbocycles. The van der Waals surface area contributed by atoms with Crippen molar-refractivity contribution in [1.29, 1.82) is 0 Å². The molecule has 5 nitrogen and oxygen atoms in total. The molecule has 0 amide bonds. The zero-order valence-corrected chi connectivity index (χ0v) is 15.2. The molecule has 0 bridgehead atoms. The van der Waals surface area contributed by atoms with Crippen LogP contribution in [0.4, 0.5) is 0 Å². The highest BCUT2D eigenvalue weighted by molar-refractivity contribution is 7.89. The standard InChI is InChI=1S/C17H25N3O2S/c1-6-14-7-9-15(10-8-14)17(12(2)3)19-23(21,22)16-11-20(5)13(4)18-16/h7-12,17,19H,6H2,1-5H3. The number of nitrogens with one attached hydrogen (secondary N) is 1. The highest BCUT2D eigenvalue weighted by atomic mass is 32.2. The first-order chi connectivity index (χ1) is 10.7. The maximum atomic E-state index is 12.6. The van der Waals surface area contributed by atoms with Gasteiger partial charge in [-0.05, 0) is 30.4 Å². The molecule has 2 aromatic rings. The van der Waals surface area contributed by atoms with Crippen LogP contribution >= 0.6 is 0 Å². The van der Waals surface area contributed by atoms with Gasteiger partial charge in [0.1, 0.15) is 5.82 Å². The molecule has 6 heteroatoms. The molecule has 1 aromatic carbocycles. The van der Waals surface area contributed by atoms with Gasteiger partial charge in [-0.25, -0.2) is 18.1 Å². The summed E-state index contributed by atoms with van der Waals surface area (Å²) in [6, 6.07) is 7.80. The number of nitrogens with zero attached hydrogens (tertiary/aromatic N) is 2. The fourth-order valence-electron chi connectivity index (χ4n) is 2.43. The van der Waals surface area contributed by atoms with E-state index in [4.69, 9.17) is 0 Å². The lowest BCUT2D eigenvalue weighted by Crippen LogP contribution is -2.32. The first kappa shape index (κ1) is 17.7. The van der Waals surface area contributed by atoms with Gasteiger partial charge in [0.25, 0.3) is 10.0 Å². The topological polar surface area (TPSA) is 64.0 Å². The summed E-state index contributed by atoms with van der Waals surface area (Å²) in [4.78, 5) is 4.13. The predicted molar refractivity (Wildman–Crippen MR) is 91.7 cm³/mol. The smallest absolute Gasteiger partial charge is 0.260 e. The van der Waals surface area contributed by atoms with Gasteiger partial charge in [0.05, 0.1) is 0 Å². The fourth-order valence-corrected chi connectivity index (χ4v) is 3.85. The van der Waals surface area contributed by atoms with Crippen LogP contribution < -0.4 is 4.72 Å². The van der Waals surface area contributed by atoms with Crippen molar-refractivity contribution in [3.05, 3.63) is 47.4 Å². The van der Waals surface area contributed by atoms with Crippen LogP contribution in [0.15, 0.2) is 35.5 Å². The van der Waals surface area contributed by atoms with E-state index in [1.54, 1.807) is 18.5 Å². The van der Waals surface area contributed by atoms with Crippen molar-refractivity contribution in [2.75, 3.05) is 0 Å². The van der Waals surface area contributed by atoms with Crippen LogP contribution in [-0.2, 0) is 23.5 Å². The molecule has 0 radical (unpaired) electrons. The minimum Gasteiger partial charge on any atom is -0.337 e. The van der Waals surface area contributed by atoms with Crippen molar-refractivity contribution >= 4 is 10.0 Å². The van der Waals surface area contributed by atoms with Crippen molar-refractivity contribution < 1.29 is 8.42 Å². The first-order valence-electron chi connectivity index (χ1n) is 7.85. The van der Waals surface area contributed by atoms with Gasteiger partial charge in [-0.15, -0.1) is 0 Å². The number of imidazole rings is 1. The van der Waals surface area contributed by atoms with Crippen LogP contribution in [0.1, 0.15) is 43.8 Å². The van der Waals surface area contributed by atoms with Crippen molar-refractivity contribution in [3.63, 3.8) is 0 Å². The van der Waals surface area contributed by atoms with Crippen molar-refractivity contribution in [1.82, 2.24) is 14.3 Å². The zero-order chi connectivity index (χ0) is 17.2. The summed E-state index contributed by atoms with van der Waals surface area (Å²) in [7, 11) is -1.87. The summed E-state index contributed by atoms with van der Waals surface area (Å²) in [6.07, 6.45) is 2.50. The van der Waals surface area contributed by atoms with E-state index in [1.807, 2.05) is 38.1 Å². The van der Waals surface area contributed by atoms with Crippen LogP contribution in [0, 0.1) is 12.8 Å². The van der Waals surface area contributed by atoms with Crippen molar-refractivity contribution in [2.45, 2.75) is 45.2 Å². The van der Waals surface area contributed by atoms with E-state index in [2.05, 4.69) is 16.6 Å². The van der Waals surface area contributed by atoms with Crippen LogP contribution in [0.2, 0.25) is 0 Å². The molecule has 0 aliphatic heterocycles. The Hall–Kier alpha value is -1.66. The Balaban J connectivity index is 2.31. The highest BCUT2D eigenvalue weighted by Gasteiger charge is 2.26. The van der Waals surface area contributed by atoms with Gasteiger partial charge < -0.3 is 4.57 Å². The Morgan fingerprint density at radius 3 is 2.26 bits per heavy atom. The van der Waals surface area contributed by atoms with Crippen LogP contribution in [0.3, 0.4) is 0 Å². The van der Waals surface area contributed by atoms with Crippen LogP contribution in [0.5, 0.6) is 0 Å². The highest BCUT2D eigenvalue weighted by Crippen LogP contribution is 2.24. The van der Waals surface area contributed by atoms with E-state index >= 15 is 0 Å². The summed E-state index contributed by atoms with van der Waals surface area (Å²) < 4.78 is 29.7. The Kier molecular flexibility index (Phi) is 5.26. The predicted octanol–water partition coefficient (Wildman–Crippen LogP) is 2.97. The second kappa shape index (κ2) is 6.84.